The van der Waals surface area contributed by atoms with Crippen LogP contribution in [0.3, 0.4) is 0 Å². The number of nitrogens with zero attached hydrogens (tertiary/aromatic N) is 1. The molecule has 30 heavy (non-hydrogen) atoms. The standard InChI is InChI=1S/C27H39NO2/c1-17(2)7-6-8-18(3)21-9-10-22-20-16-25(28-30)24-15-19(29)11-13-27(24,5)23(20)12-14-26(21,22)4/h11,13,15-18,21-23,30H,6-10,12,14H2,1-5H3/t18-,21-,22+,23+,26-,27-/m1/s1. The van der Waals surface area contributed by atoms with Crippen LogP contribution in [0.5, 0.6) is 0 Å². The minimum atomic E-state index is -0.234. The number of oxime groups is 1. The molecule has 0 saturated heterocycles. The van der Waals surface area contributed by atoms with Crippen molar-refractivity contribution < 1.29 is 10.0 Å². The van der Waals surface area contributed by atoms with Gasteiger partial charge in [0.1, 0.15) is 5.71 Å². The Kier molecular flexibility index (Phi) is 5.61. The topological polar surface area (TPSA) is 49.7 Å². The number of rotatable bonds is 5. The first-order valence-corrected chi connectivity index (χ1v) is 12.1. The molecule has 0 amide bonds. The van der Waals surface area contributed by atoms with Crippen molar-refractivity contribution in [2.24, 2.45) is 45.6 Å². The molecule has 3 heteroatoms. The third-order valence-corrected chi connectivity index (χ3v) is 9.19. The first-order chi connectivity index (χ1) is 14.2. The maximum Gasteiger partial charge on any atom is 0.178 e. The van der Waals surface area contributed by atoms with Gasteiger partial charge in [-0.15, -0.1) is 0 Å². The van der Waals surface area contributed by atoms with E-state index in [-0.39, 0.29) is 11.2 Å². The van der Waals surface area contributed by atoms with Crippen molar-refractivity contribution >= 4 is 11.5 Å². The zero-order valence-electron chi connectivity index (χ0n) is 19.4. The van der Waals surface area contributed by atoms with E-state index >= 15 is 0 Å². The number of hydrogen-bond acceptors (Lipinski definition) is 3. The zero-order chi connectivity index (χ0) is 21.7. The fourth-order valence-electron chi connectivity index (χ4n) is 7.53. The van der Waals surface area contributed by atoms with Gasteiger partial charge in [0.15, 0.2) is 5.78 Å². The summed E-state index contributed by atoms with van der Waals surface area (Å²) < 4.78 is 0. The second-order valence-electron chi connectivity index (χ2n) is 11.3. The van der Waals surface area contributed by atoms with Crippen LogP contribution in [-0.4, -0.2) is 16.7 Å². The van der Waals surface area contributed by atoms with Gasteiger partial charge in [-0.25, -0.2) is 0 Å². The van der Waals surface area contributed by atoms with Crippen LogP contribution in [0.4, 0.5) is 0 Å². The lowest BCUT2D eigenvalue weighted by Gasteiger charge is -2.53. The zero-order valence-corrected chi connectivity index (χ0v) is 19.4. The molecule has 4 aliphatic rings. The Morgan fingerprint density at radius 1 is 1.10 bits per heavy atom. The maximum atomic E-state index is 12.0. The molecule has 0 bridgehead atoms. The maximum absolute atomic E-state index is 12.0. The summed E-state index contributed by atoms with van der Waals surface area (Å²) in [5.41, 5.74) is 3.07. The third kappa shape index (κ3) is 3.33. The van der Waals surface area contributed by atoms with Gasteiger partial charge in [-0.1, -0.05) is 70.7 Å². The molecule has 0 aromatic carbocycles. The summed E-state index contributed by atoms with van der Waals surface area (Å²) in [6, 6.07) is 0. The molecule has 2 saturated carbocycles. The number of ketones is 1. The molecule has 164 valence electrons. The molecule has 0 unspecified atom stereocenters. The van der Waals surface area contributed by atoms with Crippen LogP contribution in [0.1, 0.15) is 79.6 Å². The lowest BCUT2D eigenvalue weighted by atomic mass is 9.50. The van der Waals surface area contributed by atoms with E-state index in [1.54, 1.807) is 12.2 Å². The van der Waals surface area contributed by atoms with Crippen LogP contribution in [0.15, 0.2) is 40.6 Å². The number of fused-ring (bicyclic) bond motifs is 5. The summed E-state index contributed by atoms with van der Waals surface area (Å²) in [6.45, 7) is 11.9. The van der Waals surface area contributed by atoms with Gasteiger partial charge in [0.05, 0.1) is 0 Å². The van der Waals surface area contributed by atoms with E-state index in [2.05, 4.69) is 51.9 Å². The SMILES string of the molecule is CC(C)CCC[C@@H](C)[C@H]1CC[C@H]2C3=CC(=NO)C4=CC(=O)C=C[C@]4(C)[C@H]3CC[C@]12C. The van der Waals surface area contributed by atoms with E-state index in [1.165, 1.54) is 44.1 Å². The van der Waals surface area contributed by atoms with Crippen LogP contribution in [0, 0.1) is 40.4 Å². The molecule has 0 spiro atoms. The van der Waals surface area contributed by atoms with Gasteiger partial charge >= 0.3 is 0 Å². The largest absolute Gasteiger partial charge is 0.410 e. The fourth-order valence-corrected chi connectivity index (χ4v) is 7.53. The Hall–Kier alpha value is -1.64. The highest BCUT2D eigenvalue weighted by atomic mass is 16.4. The van der Waals surface area contributed by atoms with Crippen molar-refractivity contribution in [3.63, 3.8) is 0 Å². The second-order valence-corrected chi connectivity index (χ2v) is 11.3. The lowest BCUT2D eigenvalue weighted by Crippen LogP contribution is -2.47. The van der Waals surface area contributed by atoms with E-state index in [4.69, 9.17) is 0 Å². The summed E-state index contributed by atoms with van der Waals surface area (Å²) in [4.78, 5) is 12.0. The molecule has 0 radical (unpaired) electrons. The van der Waals surface area contributed by atoms with Crippen molar-refractivity contribution in [2.45, 2.75) is 79.6 Å². The summed E-state index contributed by atoms with van der Waals surface area (Å²) in [5.74, 6) is 3.31. The van der Waals surface area contributed by atoms with Gasteiger partial charge < -0.3 is 5.21 Å². The smallest absolute Gasteiger partial charge is 0.178 e. The minimum Gasteiger partial charge on any atom is -0.410 e. The van der Waals surface area contributed by atoms with Gasteiger partial charge in [-0.2, -0.15) is 0 Å². The highest BCUT2D eigenvalue weighted by Crippen LogP contribution is 2.65. The molecule has 0 aromatic heterocycles. The number of allylic oxidation sites excluding steroid dienone is 6. The molecule has 0 aliphatic heterocycles. The molecule has 2 fully saturated rings. The van der Waals surface area contributed by atoms with Crippen LogP contribution in [0.2, 0.25) is 0 Å². The summed E-state index contributed by atoms with van der Waals surface area (Å²) in [5, 5.41) is 13.4. The predicted molar refractivity (Wildman–Crippen MR) is 123 cm³/mol. The Labute approximate surface area is 182 Å². The summed E-state index contributed by atoms with van der Waals surface area (Å²) in [6.07, 6.45) is 16.6. The minimum absolute atomic E-state index is 0.00252. The molecule has 0 aromatic rings. The van der Waals surface area contributed by atoms with Gasteiger partial charge in [0.2, 0.25) is 0 Å². The van der Waals surface area contributed by atoms with Gasteiger partial charge in [-0.05, 0) is 84.5 Å². The van der Waals surface area contributed by atoms with E-state index in [0.717, 1.165) is 29.7 Å². The van der Waals surface area contributed by atoms with E-state index in [1.807, 2.05) is 0 Å². The van der Waals surface area contributed by atoms with E-state index < -0.39 is 0 Å². The highest BCUT2D eigenvalue weighted by Gasteiger charge is 2.57. The van der Waals surface area contributed by atoms with Crippen LogP contribution in [-0.2, 0) is 4.79 Å². The quantitative estimate of drug-likeness (QED) is 0.404. The first kappa shape index (κ1) is 21.6. The Morgan fingerprint density at radius 2 is 1.87 bits per heavy atom. The average Bonchev–Trinajstić information content (AvgIpc) is 3.05. The molecule has 4 rings (SSSR count). The van der Waals surface area contributed by atoms with E-state index in [9.17, 15) is 10.0 Å². The predicted octanol–water partition coefficient (Wildman–Crippen LogP) is 6.73. The Bertz CT molecular complexity index is 832. The van der Waals surface area contributed by atoms with Gasteiger partial charge in [0.25, 0.3) is 0 Å². The van der Waals surface area contributed by atoms with Crippen LogP contribution < -0.4 is 0 Å². The van der Waals surface area contributed by atoms with Gasteiger partial charge in [0, 0.05) is 5.41 Å². The molecule has 3 nitrogen and oxygen atoms in total. The first-order valence-electron chi connectivity index (χ1n) is 12.1. The lowest BCUT2D eigenvalue weighted by molar-refractivity contribution is -0.110. The molecular formula is C27H39NO2. The normalized spacial score (nSPS) is 40.0. The number of carbonyl (C=O) groups is 1. The monoisotopic (exact) mass is 409 g/mol. The van der Waals surface area contributed by atoms with Crippen molar-refractivity contribution in [2.75, 3.05) is 0 Å². The van der Waals surface area contributed by atoms with Crippen LogP contribution in [0.25, 0.3) is 0 Å². The molecule has 1 N–H and O–H groups in total. The number of hydrogen-bond donors (Lipinski definition) is 1. The van der Waals surface area contributed by atoms with Crippen molar-refractivity contribution in [1.82, 2.24) is 0 Å². The Balaban J connectivity index is 1.63. The molecule has 0 heterocycles. The van der Waals surface area contributed by atoms with Crippen LogP contribution >= 0.6 is 0 Å². The van der Waals surface area contributed by atoms with Crippen molar-refractivity contribution in [3.05, 3.63) is 35.5 Å². The molecule has 4 aliphatic carbocycles. The average molecular weight is 410 g/mol. The van der Waals surface area contributed by atoms with Gasteiger partial charge in [-0.3, -0.25) is 4.79 Å². The van der Waals surface area contributed by atoms with Crippen molar-refractivity contribution in [3.8, 4) is 0 Å². The molecular weight excluding hydrogens is 370 g/mol. The second kappa shape index (κ2) is 7.80. The number of carbonyl (C=O) groups excluding carboxylic acids is 1. The third-order valence-electron chi connectivity index (χ3n) is 9.19. The van der Waals surface area contributed by atoms with E-state index in [0.29, 0.717) is 23.0 Å². The van der Waals surface area contributed by atoms with Crippen molar-refractivity contribution in [1.29, 1.82) is 0 Å². The fraction of sp³-hybridized carbons (Fsp3) is 0.704. The highest BCUT2D eigenvalue weighted by molar-refractivity contribution is 6.16. The molecule has 6 atom stereocenters. The summed E-state index contributed by atoms with van der Waals surface area (Å²) in [7, 11) is 0. The summed E-state index contributed by atoms with van der Waals surface area (Å²) >= 11 is 0. The Morgan fingerprint density at radius 3 is 2.57 bits per heavy atom.